The number of anilines is 1. The summed E-state index contributed by atoms with van der Waals surface area (Å²) in [6.07, 6.45) is 3.32. The van der Waals surface area contributed by atoms with E-state index in [0.29, 0.717) is 0 Å². The molecular formula is C18H26N2O2. The monoisotopic (exact) mass is 302 g/mol. The number of piperidine rings is 1. The maximum atomic E-state index is 12.5. The topological polar surface area (TPSA) is 40.6 Å². The van der Waals surface area contributed by atoms with E-state index < -0.39 is 0 Å². The Kier molecular flexibility index (Phi) is 5.22. The van der Waals surface area contributed by atoms with Crippen molar-refractivity contribution in [2.45, 2.75) is 47.0 Å². The van der Waals surface area contributed by atoms with Crippen molar-refractivity contribution in [3.05, 3.63) is 28.8 Å². The molecule has 1 aromatic rings. The van der Waals surface area contributed by atoms with Gasteiger partial charge < -0.3 is 9.80 Å². The number of aryl methyl sites for hydroxylation is 3. The van der Waals surface area contributed by atoms with E-state index in [9.17, 15) is 9.59 Å². The maximum Gasteiger partial charge on any atom is 0.242 e. The molecule has 120 valence electrons. The van der Waals surface area contributed by atoms with Crippen molar-refractivity contribution in [1.82, 2.24) is 4.90 Å². The largest absolute Gasteiger partial charge is 0.341 e. The fourth-order valence-electron chi connectivity index (χ4n) is 3.32. The molecule has 1 fully saturated rings. The van der Waals surface area contributed by atoms with Gasteiger partial charge in [-0.3, -0.25) is 9.59 Å². The van der Waals surface area contributed by atoms with Gasteiger partial charge in [0, 0.05) is 20.0 Å². The highest BCUT2D eigenvalue weighted by molar-refractivity contribution is 5.98. The van der Waals surface area contributed by atoms with Crippen LogP contribution in [-0.4, -0.2) is 36.3 Å². The van der Waals surface area contributed by atoms with Crippen LogP contribution in [0, 0.1) is 20.8 Å². The predicted molar refractivity (Wildman–Crippen MR) is 89.1 cm³/mol. The lowest BCUT2D eigenvalue weighted by atomic mass is 10.0. The van der Waals surface area contributed by atoms with Crippen molar-refractivity contribution in [3.63, 3.8) is 0 Å². The summed E-state index contributed by atoms with van der Waals surface area (Å²) in [6.45, 7) is 9.34. The summed E-state index contributed by atoms with van der Waals surface area (Å²) in [5, 5.41) is 0. The third-order valence-electron chi connectivity index (χ3n) is 4.29. The first kappa shape index (κ1) is 16.5. The lowest BCUT2D eigenvalue weighted by Crippen LogP contribution is -2.44. The third kappa shape index (κ3) is 3.67. The summed E-state index contributed by atoms with van der Waals surface area (Å²) in [4.78, 5) is 28.1. The van der Waals surface area contributed by atoms with E-state index in [1.807, 2.05) is 25.7 Å². The average molecular weight is 302 g/mol. The molecule has 22 heavy (non-hydrogen) atoms. The summed E-state index contributed by atoms with van der Waals surface area (Å²) in [5.41, 5.74) is 4.13. The van der Waals surface area contributed by atoms with Crippen LogP contribution in [-0.2, 0) is 9.59 Å². The molecule has 0 spiro atoms. The van der Waals surface area contributed by atoms with Crippen LogP contribution in [0.2, 0.25) is 0 Å². The zero-order chi connectivity index (χ0) is 16.3. The van der Waals surface area contributed by atoms with Crippen LogP contribution < -0.4 is 4.90 Å². The van der Waals surface area contributed by atoms with Crippen LogP contribution >= 0.6 is 0 Å². The summed E-state index contributed by atoms with van der Waals surface area (Å²) < 4.78 is 0. The quantitative estimate of drug-likeness (QED) is 0.861. The zero-order valence-corrected chi connectivity index (χ0v) is 14.1. The molecule has 0 unspecified atom stereocenters. The molecule has 1 aromatic carbocycles. The molecule has 4 nitrogen and oxygen atoms in total. The molecule has 1 aliphatic rings. The molecule has 1 aliphatic heterocycles. The van der Waals surface area contributed by atoms with Crippen molar-refractivity contribution in [1.29, 1.82) is 0 Å². The fourth-order valence-corrected chi connectivity index (χ4v) is 3.32. The van der Waals surface area contributed by atoms with Crippen molar-refractivity contribution in [2.75, 3.05) is 24.5 Å². The Morgan fingerprint density at radius 1 is 1.05 bits per heavy atom. The first-order valence-electron chi connectivity index (χ1n) is 8.04. The van der Waals surface area contributed by atoms with Gasteiger partial charge in [0.25, 0.3) is 0 Å². The van der Waals surface area contributed by atoms with E-state index in [1.165, 1.54) is 18.9 Å². The van der Waals surface area contributed by atoms with Gasteiger partial charge >= 0.3 is 0 Å². The normalized spacial score (nSPS) is 14.8. The van der Waals surface area contributed by atoms with Gasteiger partial charge in [-0.2, -0.15) is 0 Å². The van der Waals surface area contributed by atoms with Crippen LogP contribution in [0.15, 0.2) is 12.1 Å². The summed E-state index contributed by atoms with van der Waals surface area (Å²) in [5.74, 6) is -0.0327. The van der Waals surface area contributed by atoms with Gasteiger partial charge in [0.2, 0.25) is 11.8 Å². The van der Waals surface area contributed by atoms with Crippen LogP contribution in [0.25, 0.3) is 0 Å². The van der Waals surface area contributed by atoms with Gasteiger partial charge in [-0.1, -0.05) is 17.7 Å². The number of amides is 2. The molecule has 0 radical (unpaired) electrons. The van der Waals surface area contributed by atoms with Gasteiger partial charge in [-0.25, -0.2) is 0 Å². The average Bonchev–Trinajstić information content (AvgIpc) is 2.45. The molecular weight excluding hydrogens is 276 g/mol. The highest BCUT2D eigenvalue weighted by atomic mass is 16.2. The predicted octanol–water partition coefficient (Wildman–Crippen LogP) is 2.98. The van der Waals surface area contributed by atoms with E-state index >= 15 is 0 Å². The van der Waals surface area contributed by atoms with E-state index in [1.54, 1.807) is 4.90 Å². The molecule has 2 amide bonds. The number of nitrogens with zero attached hydrogens (tertiary/aromatic N) is 2. The fraction of sp³-hybridized carbons (Fsp3) is 0.556. The molecule has 1 saturated heterocycles. The van der Waals surface area contributed by atoms with Gasteiger partial charge in [-0.05, 0) is 51.2 Å². The minimum absolute atomic E-state index is 0.0503. The van der Waals surface area contributed by atoms with Crippen molar-refractivity contribution in [3.8, 4) is 0 Å². The Morgan fingerprint density at radius 3 is 2.09 bits per heavy atom. The first-order valence-corrected chi connectivity index (χ1v) is 8.04. The van der Waals surface area contributed by atoms with E-state index in [2.05, 4.69) is 12.1 Å². The van der Waals surface area contributed by atoms with Crippen LogP contribution in [0.1, 0.15) is 42.9 Å². The van der Waals surface area contributed by atoms with Crippen molar-refractivity contribution >= 4 is 17.5 Å². The summed E-state index contributed by atoms with van der Waals surface area (Å²) >= 11 is 0. The summed E-state index contributed by atoms with van der Waals surface area (Å²) in [6, 6.07) is 4.12. The van der Waals surface area contributed by atoms with Crippen molar-refractivity contribution in [2.24, 2.45) is 0 Å². The van der Waals surface area contributed by atoms with Crippen LogP contribution in [0.4, 0.5) is 5.69 Å². The van der Waals surface area contributed by atoms with E-state index in [-0.39, 0.29) is 18.4 Å². The number of benzene rings is 1. The minimum atomic E-state index is -0.0830. The maximum absolute atomic E-state index is 12.5. The second-order valence-electron chi connectivity index (χ2n) is 6.29. The molecule has 0 bridgehead atoms. The van der Waals surface area contributed by atoms with Crippen LogP contribution in [0.3, 0.4) is 0 Å². The highest BCUT2D eigenvalue weighted by Crippen LogP contribution is 2.26. The molecule has 0 atom stereocenters. The van der Waals surface area contributed by atoms with Crippen molar-refractivity contribution < 1.29 is 9.59 Å². The third-order valence-corrected chi connectivity index (χ3v) is 4.29. The molecule has 2 rings (SSSR count). The van der Waals surface area contributed by atoms with E-state index in [4.69, 9.17) is 0 Å². The smallest absolute Gasteiger partial charge is 0.242 e. The van der Waals surface area contributed by atoms with Gasteiger partial charge in [0.05, 0.1) is 5.69 Å². The number of hydrogen-bond donors (Lipinski definition) is 0. The second kappa shape index (κ2) is 6.95. The standard InChI is InChI=1S/C18H26N2O2/c1-13-10-14(2)18(15(3)11-13)20(16(4)21)12-17(22)19-8-6-5-7-9-19/h10-11H,5-9,12H2,1-4H3. The number of rotatable bonds is 3. The number of likely N-dealkylation sites (tertiary alicyclic amines) is 1. The van der Waals surface area contributed by atoms with Gasteiger partial charge in [0.1, 0.15) is 6.54 Å². The summed E-state index contributed by atoms with van der Waals surface area (Å²) in [7, 11) is 0. The SMILES string of the molecule is CC(=O)N(CC(=O)N1CCCCC1)c1c(C)cc(C)cc1C. The Morgan fingerprint density at radius 2 is 1.59 bits per heavy atom. The Hall–Kier alpha value is -1.84. The molecule has 0 aromatic heterocycles. The Bertz CT molecular complexity index is 551. The number of hydrogen-bond acceptors (Lipinski definition) is 2. The van der Waals surface area contributed by atoms with Gasteiger partial charge in [0.15, 0.2) is 0 Å². The molecule has 1 heterocycles. The van der Waals surface area contributed by atoms with Gasteiger partial charge in [-0.15, -0.1) is 0 Å². The molecule has 0 N–H and O–H groups in total. The zero-order valence-electron chi connectivity index (χ0n) is 14.1. The molecule has 0 aliphatic carbocycles. The Balaban J connectivity index is 2.24. The lowest BCUT2D eigenvalue weighted by molar-refractivity contribution is -0.132. The minimum Gasteiger partial charge on any atom is -0.341 e. The molecule has 0 saturated carbocycles. The molecule has 4 heteroatoms. The van der Waals surface area contributed by atoms with E-state index in [0.717, 1.165) is 42.7 Å². The first-order chi connectivity index (χ1) is 10.4. The highest BCUT2D eigenvalue weighted by Gasteiger charge is 2.23. The lowest BCUT2D eigenvalue weighted by Gasteiger charge is -2.31. The number of carbonyl (C=O) groups excluding carboxylic acids is 2. The Labute approximate surface area is 133 Å². The van der Waals surface area contributed by atoms with Crippen LogP contribution in [0.5, 0.6) is 0 Å². The second-order valence-corrected chi connectivity index (χ2v) is 6.29. The number of carbonyl (C=O) groups is 2.